The van der Waals surface area contributed by atoms with Crippen LogP contribution >= 0.6 is 41.2 Å². The summed E-state index contributed by atoms with van der Waals surface area (Å²) in [5.41, 5.74) is 2.13. The van der Waals surface area contributed by atoms with Crippen LogP contribution in [-0.2, 0) is 22.1 Å². The largest absolute Gasteiger partial charge is 0.633 e. The van der Waals surface area contributed by atoms with Crippen LogP contribution in [0.5, 0.6) is 23.0 Å². The Labute approximate surface area is 336 Å². The van der Waals surface area contributed by atoms with Gasteiger partial charge >= 0.3 is 17.6 Å². The van der Waals surface area contributed by atoms with Crippen molar-refractivity contribution in [3.05, 3.63) is 193 Å². The molecule has 6 aromatic rings. The molecule has 6 aromatic carbocycles. The van der Waals surface area contributed by atoms with Gasteiger partial charge in [0.25, 0.3) is 0 Å². The second-order valence-corrected chi connectivity index (χ2v) is 23.2. The first kappa shape index (κ1) is 40.0. The molecule has 0 aliphatic rings. The van der Waals surface area contributed by atoms with E-state index in [2.05, 4.69) is 24.3 Å². The van der Waals surface area contributed by atoms with E-state index in [4.69, 9.17) is 26.6 Å². The average Bonchev–Trinajstić information content (AvgIpc) is 3.22. The fraction of sp³-hybridized carbons (Fsp3) is 0.143. The van der Waals surface area contributed by atoms with Crippen molar-refractivity contribution < 1.29 is 26.6 Å². The Morgan fingerprint density at radius 1 is 0.333 bits per heavy atom. The maximum atomic E-state index is 6.69. The molecule has 0 atom stereocenters. The van der Waals surface area contributed by atoms with Gasteiger partial charge in [0, 0.05) is 11.5 Å². The fourth-order valence-corrected chi connectivity index (χ4v) is 18.0. The SMILES string of the molecule is c1ccc(CO[Si](CCSSSSCC[Si](OCc2ccccc2)(Oc2ccccc2)Oc2ccccc2)(Oc2ccccc2)Oc2ccccc2)cc1. The van der Waals surface area contributed by atoms with Gasteiger partial charge in [0.1, 0.15) is 23.0 Å². The molecule has 0 saturated heterocycles. The first-order valence-electron chi connectivity index (χ1n) is 17.6. The zero-order chi connectivity index (χ0) is 37.0. The molecule has 0 saturated carbocycles. The first-order chi connectivity index (χ1) is 26.7. The number of hydrogen-bond donors (Lipinski definition) is 0. The van der Waals surface area contributed by atoms with Crippen molar-refractivity contribution in [1.29, 1.82) is 0 Å². The van der Waals surface area contributed by atoms with Gasteiger partial charge in [-0.25, -0.2) is 0 Å². The Balaban J connectivity index is 1.08. The highest BCUT2D eigenvalue weighted by Crippen LogP contribution is 2.45. The molecule has 0 fully saturated rings. The summed E-state index contributed by atoms with van der Waals surface area (Å²) in [4.78, 5) is 0. The highest BCUT2D eigenvalue weighted by molar-refractivity contribution is 9.26. The summed E-state index contributed by atoms with van der Waals surface area (Å²) in [7, 11) is 0.467. The van der Waals surface area contributed by atoms with E-state index in [1.807, 2.05) is 158 Å². The molecule has 0 unspecified atom stereocenters. The number of para-hydroxylation sites is 4. The molecule has 0 amide bonds. The van der Waals surface area contributed by atoms with E-state index in [9.17, 15) is 0 Å². The molecule has 0 aromatic heterocycles. The van der Waals surface area contributed by atoms with Crippen LogP contribution in [0.1, 0.15) is 11.1 Å². The lowest BCUT2D eigenvalue weighted by Gasteiger charge is -2.30. The molecular weight excluding hydrogens is 785 g/mol. The maximum Gasteiger partial charge on any atom is 0.633 e. The third kappa shape index (κ3) is 13.5. The van der Waals surface area contributed by atoms with Gasteiger partial charge in [-0.05, 0) is 79.3 Å². The molecule has 54 heavy (non-hydrogen) atoms. The quantitative estimate of drug-likeness (QED) is 0.0355. The molecule has 0 aliphatic carbocycles. The Morgan fingerprint density at radius 3 is 0.870 bits per heavy atom. The molecule has 0 aliphatic heterocycles. The van der Waals surface area contributed by atoms with Gasteiger partial charge in [-0.3, -0.25) is 0 Å². The van der Waals surface area contributed by atoms with Gasteiger partial charge in [0.2, 0.25) is 0 Å². The second-order valence-electron chi connectivity index (χ2n) is 11.9. The number of rotatable bonds is 23. The van der Waals surface area contributed by atoms with Crippen molar-refractivity contribution >= 4 is 58.8 Å². The average molecular weight is 827 g/mol. The summed E-state index contributed by atoms with van der Waals surface area (Å²) >= 11 is 0. The predicted octanol–water partition coefficient (Wildman–Crippen LogP) is 12.3. The van der Waals surface area contributed by atoms with E-state index in [0.29, 0.717) is 25.3 Å². The lowest BCUT2D eigenvalue weighted by Crippen LogP contribution is -2.52. The van der Waals surface area contributed by atoms with Crippen LogP contribution in [0.2, 0.25) is 12.1 Å². The minimum Gasteiger partial charge on any atom is -0.492 e. The summed E-state index contributed by atoms with van der Waals surface area (Å²) in [5.74, 6) is 4.46. The third-order valence-electron chi connectivity index (χ3n) is 7.78. The van der Waals surface area contributed by atoms with Gasteiger partial charge in [0.05, 0.1) is 25.3 Å². The molecular formula is C42H42O6S4Si2. The molecule has 0 spiro atoms. The highest BCUT2D eigenvalue weighted by Gasteiger charge is 2.47. The van der Waals surface area contributed by atoms with Crippen molar-refractivity contribution in [1.82, 2.24) is 0 Å². The molecule has 0 bridgehead atoms. The summed E-state index contributed by atoms with van der Waals surface area (Å²) in [5, 5.41) is 0. The van der Waals surface area contributed by atoms with Crippen LogP contribution < -0.4 is 17.7 Å². The van der Waals surface area contributed by atoms with Crippen LogP contribution in [0.25, 0.3) is 0 Å². The van der Waals surface area contributed by atoms with Crippen molar-refractivity contribution in [3.8, 4) is 23.0 Å². The minimum absolute atomic E-state index is 0.392. The van der Waals surface area contributed by atoms with Gasteiger partial charge in [-0.2, -0.15) is 0 Å². The van der Waals surface area contributed by atoms with Crippen LogP contribution in [0.3, 0.4) is 0 Å². The fourth-order valence-electron chi connectivity index (χ4n) is 5.16. The highest BCUT2D eigenvalue weighted by atomic mass is 33.7. The zero-order valence-electron chi connectivity index (χ0n) is 29.6. The van der Waals surface area contributed by atoms with E-state index < -0.39 is 17.6 Å². The van der Waals surface area contributed by atoms with Crippen molar-refractivity contribution in [3.63, 3.8) is 0 Å². The molecule has 278 valence electrons. The topological polar surface area (TPSA) is 55.4 Å². The molecule has 0 heterocycles. The summed E-state index contributed by atoms with van der Waals surface area (Å²) in [6.45, 7) is 0.784. The van der Waals surface area contributed by atoms with Gasteiger partial charge in [-0.1, -0.05) is 155 Å². The Kier molecular flexibility index (Phi) is 16.3. The normalized spacial score (nSPS) is 11.5. The monoisotopic (exact) mass is 826 g/mol. The smallest absolute Gasteiger partial charge is 0.492 e. The third-order valence-corrected chi connectivity index (χ3v) is 20.0. The second kappa shape index (κ2) is 22.0. The summed E-state index contributed by atoms with van der Waals surface area (Å²) in [6, 6.07) is 60.8. The van der Waals surface area contributed by atoms with Crippen molar-refractivity contribution in [2.24, 2.45) is 0 Å². The standard InChI is InChI=1S/C42H42O6S4Si2/c1-7-19-37(20-8-1)35-43-53(45-39-23-11-3-12-24-39,46-40-25-13-4-14-26-40)33-31-49-51-52-50-32-34-54(47-41-27-15-5-16-28-41,48-42-29-17-6-18-30-42)44-36-38-21-9-2-10-22-38/h1-30H,31-36H2. The van der Waals surface area contributed by atoms with E-state index in [0.717, 1.165) is 45.6 Å². The predicted molar refractivity (Wildman–Crippen MR) is 232 cm³/mol. The van der Waals surface area contributed by atoms with E-state index in [1.54, 1.807) is 41.2 Å². The van der Waals surface area contributed by atoms with Crippen molar-refractivity contribution in [2.75, 3.05) is 11.5 Å². The maximum absolute atomic E-state index is 6.69. The van der Waals surface area contributed by atoms with E-state index >= 15 is 0 Å². The molecule has 6 rings (SSSR count). The van der Waals surface area contributed by atoms with Gasteiger partial charge in [0.15, 0.2) is 0 Å². The van der Waals surface area contributed by atoms with Gasteiger partial charge < -0.3 is 26.6 Å². The lowest BCUT2D eigenvalue weighted by molar-refractivity contribution is 0.156. The Bertz CT molecular complexity index is 1660. The minimum atomic E-state index is -3.27. The zero-order valence-corrected chi connectivity index (χ0v) is 34.9. The van der Waals surface area contributed by atoms with E-state index in [-0.39, 0.29) is 0 Å². The summed E-state index contributed by atoms with van der Waals surface area (Å²) in [6.07, 6.45) is 0. The molecule has 0 radical (unpaired) electrons. The number of hydrogen-bond acceptors (Lipinski definition) is 10. The lowest BCUT2D eigenvalue weighted by atomic mass is 10.2. The molecule has 12 heteroatoms. The molecule has 6 nitrogen and oxygen atoms in total. The van der Waals surface area contributed by atoms with Gasteiger partial charge in [-0.15, -0.1) is 0 Å². The van der Waals surface area contributed by atoms with Crippen molar-refractivity contribution in [2.45, 2.75) is 25.3 Å². The first-order valence-corrected chi connectivity index (χ1v) is 26.6. The Morgan fingerprint density at radius 2 is 0.593 bits per heavy atom. The van der Waals surface area contributed by atoms with Crippen LogP contribution in [0.4, 0.5) is 0 Å². The Hall–Kier alpha value is -3.73. The van der Waals surface area contributed by atoms with Crippen LogP contribution in [0.15, 0.2) is 182 Å². The number of benzene rings is 6. The van der Waals surface area contributed by atoms with Crippen LogP contribution in [-0.4, -0.2) is 29.1 Å². The molecule has 0 N–H and O–H groups in total. The van der Waals surface area contributed by atoms with E-state index in [1.165, 1.54) is 0 Å². The summed E-state index contributed by atoms with van der Waals surface area (Å²) < 4.78 is 40.1. The van der Waals surface area contributed by atoms with Crippen LogP contribution in [0, 0.1) is 0 Å².